The van der Waals surface area contributed by atoms with E-state index in [1.54, 1.807) is 4.57 Å². The molecule has 4 rings (SSSR count). The summed E-state index contributed by atoms with van der Waals surface area (Å²) >= 11 is 3.43. The quantitative estimate of drug-likeness (QED) is 0.566. The molecule has 11 heteroatoms. The van der Waals surface area contributed by atoms with Gasteiger partial charge in [0.15, 0.2) is 33.7 Å². The Bertz CT molecular complexity index is 871. The minimum atomic E-state index is -0.789. The summed E-state index contributed by atoms with van der Waals surface area (Å²) < 4.78 is 25.5. The van der Waals surface area contributed by atoms with Crippen LogP contribution in [0.4, 0.5) is 5.82 Å². The number of carbonyl (C=O) groups is 1. The molecular formula is C15H18BrN5O5. The number of hydrogen-bond acceptors (Lipinski definition) is 9. The van der Waals surface area contributed by atoms with Gasteiger partial charge in [-0.15, -0.1) is 0 Å². The van der Waals surface area contributed by atoms with Crippen LogP contribution < -0.4 is 5.73 Å². The number of imidazole rings is 1. The minimum Gasteiger partial charge on any atom is -0.463 e. The maximum atomic E-state index is 11.2. The Morgan fingerprint density at radius 3 is 2.85 bits per heavy atom. The van der Waals surface area contributed by atoms with Crippen LogP contribution in [0.3, 0.4) is 0 Å². The first kappa shape index (κ1) is 17.6. The number of anilines is 1. The molecule has 0 bridgehead atoms. The zero-order chi connectivity index (χ0) is 18.6. The average molecular weight is 428 g/mol. The van der Waals surface area contributed by atoms with Crippen LogP contribution in [0.5, 0.6) is 0 Å². The fourth-order valence-electron chi connectivity index (χ4n) is 3.33. The maximum absolute atomic E-state index is 11.2. The largest absolute Gasteiger partial charge is 0.463 e. The minimum absolute atomic E-state index is 0.0633. The summed E-state index contributed by atoms with van der Waals surface area (Å²) in [5, 5.41) is 0. The fraction of sp³-hybridized carbons (Fsp3) is 0.600. The van der Waals surface area contributed by atoms with Crippen molar-refractivity contribution < 1.29 is 23.7 Å². The van der Waals surface area contributed by atoms with Crippen molar-refractivity contribution in [2.45, 2.75) is 51.1 Å². The maximum Gasteiger partial charge on any atom is 0.302 e. The molecule has 2 aromatic rings. The highest BCUT2D eigenvalue weighted by Gasteiger charge is 2.56. The molecule has 2 fully saturated rings. The monoisotopic (exact) mass is 427 g/mol. The fourth-order valence-corrected chi connectivity index (χ4v) is 3.87. The molecule has 2 aliphatic heterocycles. The van der Waals surface area contributed by atoms with E-state index in [9.17, 15) is 4.79 Å². The highest BCUT2D eigenvalue weighted by atomic mass is 79.9. The summed E-state index contributed by atoms with van der Waals surface area (Å²) in [5.74, 6) is -0.908. The number of rotatable bonds is 3. The molecular weight excluding hydrogens is 410 g/mol. The Morgan fingerprint density at radius 2 is 2.12 bits per heavy atom. The number of nitrogens with zero attached hydrogens (tertiary/aromatic N) is 4. The second kappa shape index (κ2) is 6.12. The summed E-state index contributed by atoms with van der Waals surface area (Å²) in [6, 6.07) is 0. The van der Waals surface area contributed by atoms with Gasteiger partial charge in [-0.05, 0) is 29.8 Å². The molecule has 140 valence electrons. The van der Waals surface area contributed by atoms with Crippen molar-refractivity contribution in [3.8, 4) is 0 Å². The molecule has 0 radical (unpaired) electrons. The highest BCUT2D eigenvalue weighted by Crippen LogP contribution is 2.45. The summed E-state index contributed by atoms with van der Waals surface area (Å²) in [6.07, 6.45) is -0.551. The van der Waals surface area contributed by atoms with Gasteiger partial charge in [-0.25, -0.2) is 15.0 Å². The van der Waals surface area contributed by atoms with Crippen LogP contribution in [0, 0.1) is 0 Å². The molecule has 2 aliphatic rings. The van der Waals surface area contributed by atoms with Gasteiger partial charge in [0.05, 0.1) is 0 Å². The first-order chi connectivity index (χ1) is 12.3. The molecule has 4 atom stereocenters. The topological polar surface area (TPSA) is 124 Å². The van der Waals surface area contributed by atoms with Crippen LogP contribution in [0.2, 0.25) is 0 Å². The Labute approximate surface area is 157 Å². The van der Waals surface area contributed by atoms with Crippen LogP contribution >= 0.6 is 15.9 Å². The molecule has 0 saturated carbocycles. The van der Waals surface area contributed by atoms with Crippen molar-refractivity contribution in [2.75, 3.05) is 12.3 Å². The van der Waals surface area contributed by atoms with Gasteiger partial charge in [0.1, 0.15) is 31.2 Å². The van der Waals surface area contributed by atoms with Gasteiger partial charge in [0.25, 0.3) is 0 Å². The van der Waals surface area contributed by atoms with Crippen molar-refractivity contribution >= 4 is 38.9 Å². The molecule has 0 unspecified atom stereocenters. The van der Waals surface area contributed by atoms with Gasteiger partial charge in [-0.2, -0.15) is 0 Å². The predicted molar refractivity (Wildman–Crippen MR) is 91.8 cm³/mol. The lowest BCUT2D eigenvalue weighted by Gasteiger charge is -2.25. The molecule has 2 aromatic heterocycles. The van der Waals surface area contributed by atoms with Crippen molar-refractivity contribution in [3.63, 3.8) is 0 Å². The number of esters is 1. The molecule has 0 aliphatic carbocycles. The molecule has 4 heterocycles. The number of aromatic nitrogens is 4. The third-order valence-electron chi connectivity index (χ3n) is 4.29. The lowest BCUT2D eigenvalue weighted by atomic mass is 10.1. The zero-order valence-corrected chi connectivity index (χ0v) is 16.0. The molecule has 0 amide bonds. The van der Waals surface area contributed by atoms with Gasteiger partial charge in [0.2, 0.25) is 0 Å². The Morgan fingerprint density at radius 1 is 1.38 bits per heavy atom. The normalized spacial score (nSPS) is 29.8. The molecule has 2 saturated heterocycles. The van der Waals surface area contributed by atoms with E-state index in [2.05, 4.69) is 30.9 Å². The van der Waals surface area contributed by atoms with Crippen molar-refractivity contribution in [3.05, 3.63) is 11.1 Å². The van der Waals surface area contributed by atoms with Crippen molar-refractivity contribution in [1.29, 1.82) is 0 Å². The van der Waals surface area contributed by atoms with Crippen LogP contribution in [-0.2, 0) is 23.7 Å². The van der Waals surface area contributed by atoms with Gasteiger partial charge in [0, 0.05) is 6.92 Å². The van der Waals surface area contributed by atoms with E-state index in [0.29, 0.717) is 15.9 Å². The van der Waals surface area contributed by atoms with E-state index in [4.69, 9.17) is 24.7 Å². The molecule has 26 heavy (non-hydrogen) atoms. The number of hydrogen-bond donors (Lipinski definition) is 1. The molecule has 2 N–H and O–H groups in total. The van der Waals surface area contributed by atoms with Crippen molar-refractivity contribution in [1.82, 2.24) is 19.5 Å². The van der Waals surface area contributed by atoms with Crippen LogP contribution in [0.25, 0.3) is 11.2 Å². The SMILES string of the molecule is CC(=O)OC[C@@H]1O[C@@H](n2c(Br)nc3c(N)ncnc32)[C@@H]2OC(C)(C)O[C@H]21. The van der Waals surface area contributed by atoms with Gasteiger partial charge < -0.3 is 24.7 Å². The Hall–Kier alpha value is -1.82. The van der Waals surface area contributed by atoms with Crippen LogP contribution in [0.1, 0.15) is 27.0 Å². The number of halogens is 1. The van der Waals surface area contributed by atoms with E-state index in [1.165, 1.54) is 13.3 Å². The second-order valence-electron chi connectivity index (χ2n) is 6.61. The third-order valence-corrected chi connectivity index (χ3v) is 4.85. The summed E-state index contributed by atoms with van der Waals surface area (Å²) in [6.45, 7) is 5.06. The number of nitrogen functional groups attached to an aromatic ring is 1. The summed E-state index contributed by atoms with van der Waals surface area (Å²) in [7, 11) is 0. The lowest BCUT2D eigenvalue weighted by Crippen LogP contribution is -2.33. The second-order valence-corrected chi connectivity index (χ2v) is 7.32. The van der Waals surface area contributed by atoms with E-state index in [1.807, 2.05) is 13.8 Å². The Balaban J connectivity index is 1.73. The van der Waals surface area contributed by atoms with Gasteiger partial charge in [-0.1, -0.05) is 0 Å². The molecule has 0 spiro atoms. The predicted octanol–water partition coefficient (Wildman–Crippen LogP) is 1.15. The number of ether oxygens (including phenoxy) is 4. The zero-order valence-electron chi connectivity index (χ0n) is 14.4. The Kier molecular flexibility index (Phi) is 4.14. The standard InChI is InChI=1S/C15H18BrN5O5/c1-6(22)23-4-7-9-10(26-15(2,3)25-9)13(24-7)21-12-8(20-14(21)16)11(17)18-5-19-12/h5,7,9-10,13H,4H2,1-3H3,(H2,17,18,19)/t7-,9-,10+,13+/m0/s1. The van der Waals surface area contributed by atoms with Crippen LogP contribution in [-0.4, -0.2) is 56.2 Å². The average Bonchev–Trinajstić information content (AvgIpc) is 3.14. The first-order valence-electron chi connectivity index (χ1n) is 8.05. The third kappa shape index (κ3) is 2.84. The summed E-state index contributed by atoms with van der Waals surface area (Å²) in [5.41, 5.74) is 6.86. The molecule has 10 nitrogen and oxygen atoms in total. The smallest absolute Gasteiger partial charge is 0.302 e. The van der Waals surface area contributed by atoms with Gasteiger partial charge in [-0.3, -0.25) is 9.36 Å². The van der Waals surface area contributed by atoms with Gasteiger partial charge >= 0.3 is 5.97 Å². The number of fused-ring (bicyclic) bond motifs is 2. The first-order valence-corrected chi connectivity index (χ1v) is 8.84. The number of carbonyl (C=O) groups excluding carboxylic acids is 1. The number of nitrogens with two attached hydrogens (primary N) is 1. The van der Waals surface area contributed by atoms with E-state index in [0.717, 1.165) is 0 Å². The highest BCUT2D eigenvalue weighted by molar-refractivity contribution is 9.10. The molecule has 0 aromatic carbocycles. The lowest BCUT2D eigenvalue weighted by molar-refractivity contribution is -0.202. The van der Waals surface area contributed by atoms with E-state index >= 15 is 0 Å². The van der Waals surface area contributed by atoms with Crippen LogP contribution in [0.15, 0.2) is 11.1 Å². The summed E-state index contributed by atoms with van der Waals surface area (Å²) in [4.78, 5) is 23.8. The van der Waals surface area contributed by atoms with E-state index in [-0.39, 0.29) is 18.4 Å². The van der Waals surface area contributed by atoms with E-state index < -0.39 is 30.3 Å². The van der Waals surface area contributed by atoms with Crippen molar-refractivity contribution in [2.24, 2.45) is 0 Å².